The van der Waals surface area contributed by atoms with E-state index in [-0.39, 0.29) is 5.97 Å². The molecule has 0 aliphatic carbocycles. The predicted octanol–water partition coefficient (Wildman–Crippen LogP) is 5.33. The fourth-order valence-electron chi connectivity index (χ4n) is 4.50. The van der Waals surface area contributed by atoms with Gasteiger partial charge in [0.25, 0.3) is 0 Å². The average Bonchev–Trinajstić information content (AvgIpc) is 3.56. The Bertz CT molecular complexity index is 1280. The number of nitrogens with zero attached hydrogens (tertiary/aromatic N) is 5. The molecule has 3 heterocycles. The number of unbranched alkanes of at least 4 members (excludes halogenated alkanes) is 1. The Morgan fingerprint density at radius 3 is 2.66 bits per heavy atom. The zero-order chi connectivity index (χ0) is 26.9. The Labute approximate surface area is 225 Å². The van der Waals surface area contributed by atoms with E-state index in [4.69, 9.17) is 19.7 Å². The number of esters is 1. The summed E-state index contributed by atoms with van der Waals surface area (Å²) < 4.78 is 14.7. The van der Waals surface area contributed by atoms with Crippen molar-refractivity contribution in [3.63, 3.8) is 0 Å². The number of aromatic nitrogens is 4. The summed E-state index contributed by atoms with van der Waals surface area (Å²) in [7, 11) is 0. The molecule has 202 valence electrons. The van der Waals surface area contributed by atoms with Crippen molar-refractivity contribution < 1.29 is 14.3 Å². The van der Waals surface area contributed by atoms with Gasteiger partial charge < -0.3 is 14.4 Å². The van der Waals surface area contributed by atoms with E-state index in [1.807, 2.05) is 35.5 Å². The van der Waals surface area contributed by atoms with Crippen LogP contribution in [0.5, 0.6) is 0 Å². The van der Waals surface area contributed by atoms with Crippen molar-refractivity contribution in [2.75, 3.05) is 32.9 Å². The van der Waals surface area contributed by atoms with Crippen LogP contribution in [0.2, 0.25) is 0 Å². The Hall–Kier alpha value is -3.65. The van der Waals surface area contributed by atoms with E-state index in [1.54, 1.807) is 0 Å². The molecule has 38 heavy (non-hydrogen) atoms. The average molecular weight is 518 g/mol. The minimum absolute atomic E-state index is 0.198. The fraction of sp³-hybridized carbons (Fsp3) is 0.433. The largest absolute Gasteiger partial charge is 0.466 e. The molecule has 0 radical (unpaired) electrons. The van der Waals surface area contributed by atoms with Gasteiger partial charge in [-0.15, -0.1) is 0 Å². The third kappa shape index (κ3) is 7.01. The number of carbonyl (C=O) groups excluding carboxylic acids is 1. The SMILES string of the molecule is CCC/C=C(/C=C(/N1CCOCC1)n1nc(CCC(=O)OCC)cc1C)n1ccc(-c2cccc(C)c2)n1. The molecule has 1 saturated heterocycles. The van der Waals surface area contributed by atoms with Gasteiger partial charge in [-0.25, -0.2) is 9.36 Å². The van der Waals surface area contributed by atoms with Crippen LogP contribution in [0.15, 0.2) is 54.7 Å². The summed E-state index contributed by atoms with van der Waals surface area (Å²) in [5.41, 5.74) is 6.13. The Morgan fingerprint density at radius 2 is 1.92 bits per heavy atom. The molecule has 0 N–H and O–H groups in total. The lowest BCUT2D eigenvalue weighted by Crippen LogP contribution is -2.37. The third-order valence-electron chi connectivity index (χ3n) is 6.47. The topological polar surface area (TPSA) is 74.4 Å². The molecule has 2 aromatic heterocycles. The number of carbonyl (C=O) groups is 1. The minimum atomic E-state index is -0.198. The van der Waals surface area contributed by atoms with Crippen molar-refractivity contribution in [2.45, 2.75) is 53.4 Å². The molecule has 8 nitrogen and oxygen atoms in total. The van der Waals surface area contributed by atoms with Crippen LogP contribution in [0, 0.1) is 13.8 Å². The van der Waals surface area contributed by atoms with E-state index in [2.05, 4.69) is 61.2 Å². The number of rotatable bonds is 11. The first kappa shape index (κ1) is 27.4. The molecule has 8 heteroatoms. The van der Waals surface area contributed by atoms with E-state index in [9.17, 15) is 4.79 Å². The van der Waals surface area contributed by atoms with E-state index < -0.39 is 0 Å². The molecule has 1 aliphatic heterocycles. The number of allylic oxidation sites excluding steroid dienone is 3. The van der Waals surface area contributed by atoms with Gasteiger partial charge in [0.2, 0.25) is 0 Å². The van der Waals surface area contributed by atoms with E-state index in [1.165, 1.54) is 5.56 Å². The van der Waals surface area contributed by atoms with E-state index >= 15 is 0 Å². The number of ether oxygens (including phenoxy) is 2. The lowest BCUT2D eigenvalue weighted by atomic mass is 10.1. The third-order valence-corrected chi connectivity index (χ3v) is 6.47. The normalized spacial score (nSPS) is 14.7. The van der Waals surface area contributed by atoms with Crippen molar-refractivity contribution in [3.05, 3.63) is 71.7 Å². The summed E-state index contributed by atoms with van der Waals surface area (Å²) in [4.78, 5) is 14.2. The van der Waals surface area contributed by atoms with Crippen LogP contribution >= 0.6 is 0 Å². The van der Waals surface area contributed by atoms with Gasteiger partial charge in [-0.2, -0.15) is 10.2 Å². The number of hydrogen-bond acceptors (Lipinski definition) is 6. The van der Waals surface area contributed by atoms with Gasteiger partial charge in [-0.05, 0) is 45.4 Å². The molecule has 3 aromatic rings. The summed E-state index contributed by atoms with van der Waals surface area (Å²) in [5, 5.41) is 9.85. The molecular weight excluding hydrogens is 478 g/mol. The second kappa shape index (κ2) is 13.2. The quantitative estimate of drug-likeness (QED) is 0.253. The molecule has 0 spiro atoms. The fourth-order valence-corrected chi connectivity index (χ4v) is 4.50. The molecule has 0 bridgehead atoms. The molecule has 0 atom stereocenters. The maximum atomic E-state index is 11.9. The second-order valence-electron chi connectivity index (χ2n) is 9.53. The van der Waals surface area contributed by atoms with Gasteiger partial charge in [0.05, 0.1) is 43.3 Å². The van der Waals surface area contributed by atoms with Crippen LogP contribution in [0.4, 0.5) is 0 Å². The molecule has 1 fully saturated rings. The second-order valence-corrected chi connectivity index (χ2v) is 9.53. The van der Waals surface area contributed by atoms with E-state index in [0.717, 1.165) is 60.1 Å². The maximum absolute atomic E-state index is 11.9. The van der Waals surface area contributed by atoms with Crippen molar-refractivity contribution in [3.8, 4) is 11.3 Å². The van der Waals surface area contributed by atoms with Crippen molar-refractivity contribution >= 4 is 17.5 Å². The first-order chi connectivity index (χ1) is 18.5. The monoisotopic (exact) mass is 517 g/mol. The standard InChI is InChI=1S/C30H39N5O3/c1-5-7-11-27(34-15-14-28(32-34)25-10-8-9-23(3)20-25)22-29(33-16-18-37-19-17-33)35-24(4)21-26(31-35)12-13-30(36)38-6-2/h8-11,14-15,20-22H,5-7,12-13,16-19H2,1-4H3/b27-11-,29-22-. The Balaban J connectivity index is 1.70. The molecule has 0 unspecified atom stereocenters. The Kier molecular flexibility index (Phi) is 9.54. The summed E-state index contributed by atoms with van der Waals surface area (Å²) in [6, 6.07) is 12.5. The van der Waals surface area contributed by atoms with Crippen molar-refractivity contribution in [1.82, 2.24) is 24.5 Å². The summed E-state index contributed by atoms with van der Waals surface area (Å²) in [5.74, 6) is 0.777. The number of hydrogen-bond donors (Lipinski definition) is 0. The summed E-state index contributed by atoms with van der Waals surface area (Å²) in [6.07, 6.45) is 9.25. The highest BCUT2D eigenvalue weighted by Gasteiger charge is 2.20. The highest BCUT2D eigenvalue weighted by Crippen LogP contribution is 2.24. The predicted molar refractivity (Wildman–Crippen MR) is 150 cm³/mol. The molecule has 1 aliphatic rings. The van der Waals surface area contributed by atoms with Crippen LogP contribution < -0.4 is 0 Å². The summed E-state index contributed by atoms with van der Waals surface area (Å²) >= 11 is 0. The van der Waals surface area contributed by atoms with Crippen LogP contribution in [0.25, 0.3) is 22.8 Å². The van der Waals surface area contributed by atoms with Gasteiger partial charge in [-0.1, -0.05) is 43.2 Å². The molecule has 4 rings (SSSR count). The van der Waals surface area contributed by atoms with E-state index in [0.29, 0.717) is 32.7 Å². The van der Waals surface area contributed by atoms with Crippen LogP contribution in [-0.4, -0.2) is 63.3 Å². The van der Waals surface area contributed by atoms with Crippen LogP contribution in [0.1, 0.15) is 50.1 Å². The molecular formula is C30H39N5O3. The van der Waals surface area contributed by atoms with Crippen LogP contribution in [-0.2, 0) is 20.7 Å². The van der Waals surface area contributed by atoms with Gasteiger partial charge in [0.1, 0.15) is 5.82 Å². The minimum Gasteiger partial charge on any atom is -0.466 e. The number of morpholine rings is 1. The zero-order valence-electron chi connectivity index (χ0n) is 23.0. The van der Waals surface area contributed by atoms with Gasteiger partial charge in [-0.3, -0.25) is 4.79 Å². The number of aryl methyl sites for hydroxylation is 3. The van der Waals surface area contributed by atoms with Gasteiger partial charge >= 0.3 is 5.97 Å². The smallest absolute Gasteiger partial charge is 0.306 e. The highest BCUT2D eigenvalue weighted by molar-refractivity contribution is 5.70. The first-order valence-electron chi connectivity index (χ1n) is 13.6. The van der Waals surface area contributed by atoms with Gasteiger partial charge in [0, 0.05) is 43.0 Å². The lowest BCUT2D eigenvalue weighted by molar-refractivity contribution is -0.143. The molecule has 1 aromatic carbocycles. The lowest BCUT2D eigenvalue weighted by Gasteiger charge is -2.31. The Morgan fingerprint density at radius 1 is 1.11 bits per heavy atom. The molecule has 0 saturated carbocycles. The van der Waals surface area contributed by atoms with Crippen LogP contribution in [0.3, 0.4) is 0 Å². The van der Waals surface area contributed by atoms with Gasteiger partial charge in [0.15, 0.2) is 0 Å². The summed E-state index contributed by atoms with van der Waals surface area (Å²) in [6.45, 7) is 11.4. The zero-order valence-corrected chi connectivity index (χ0v) is 23.0. The number of benzene rings is 1. The maximum Gasteiger partial charge on any atom is 0.306 e. The molecule has 0 amide bonds. The van der Waals surface area contributed by atoms with Crippen molar-refractivity contribution in [2.24, 2.45) is 0 Å². The highest BCUT2D eigenvalue weighted by atomic mass is 16.5. The van der Waals surface area contributed by atoms with Crippen molar-refractivity contribution in [1.29, 1.82) is 0 Å². The first-order valence-corrected chi connectivity index (χ1v) is 13.6.